The van der Waals surface area contributed by atoms with Crippen LogP contribution in [0.5, 0.6) is 0 Å². The number of sulfonamides is 1. The van der Waals surface area contributed by atoms with Gasteiger partial charge in [-0.2, -0.15) is 4.31 Å². The zero-order chi connectivity index (χ0) is 12.3. The maximum absolute atomic E-state index is 12.3. The van der Waals surface area contributed by atoms with Crippen molar-refractivity contribution in [2.45, 2.75) is 57.5 Å². The fourth-order valence-corrected chi connectivity index (χ4v) is 5.07. The molecule has 1 saturated carbocycles. The van der Waals surface area contributed by atoms with Gasteiger partial charge in [0.1, 0.15) is 0 Å². The molecule has 100 valence electrons. The van der Waals surface area contributed by atoms with E-state index < -0.39 is 10.0 Å². The summed E-state index contributed by atoms with van der Waals surface area (Å²) in [7, 11) is -3.12. The van der Waals surface area contributed by atoms with Crippen molar-refractivity contribution in [3.8, 4) is 0 Å². The van der Waals surface area contributed by atoms with Crippen LogP contribution < -0.4 is 5.73 Å². The minimum absolute atomic E-state index is 0.280. The van der Waals surface area contributed by atoms with Gasteiger partial charge in [0.15, 0.2) is 0 Å². The molecule has 0 spiro atoms. The molecule has 1 aliphatic heterocycles. The van der Waals surface area contributed by atoms with Crippen LogP contribution >= 0.6 is 0 Å². The van der Waals surface area contributed by atoms with Gasteiger partial charge >= 0.3 is 0 Å². The van der Waals surface area contributed by atoms with Gasteiger partial charge in [0, 0.05) is 6.54 Å². The third-order valence-electron chi connectivity index (χ3n) is 4.03. The molecule has 0 radical (unpaired) electrons. The minimum Gasteiger partial charge on any atom is -0.315 e. The average molecular weight is 260 g/mol. The summed E-state index contributed by atoms with van der Waals surface area (Å²) < 4.78 is 26.2. The van der Waals surface area contributed by atoms with Gasteiger partial charge < -0.3 is 5.73 Å². The molecule has 0 bridgehead atoms. The Hall–Kier alpha value is -0.130. The number of rotatable bonds is 3. The fraction of sp³-hybridized carbons (Fsp3) is 1.00. The highest BCUT2D eigenvalue weighted by atomic mass is 32.2. The van der Waals surface area contributed by atoms with E-state index in [-0.39, 0.29) is 6.17 Å². The summed E-state index contributed by atoms with van der Waals surface area (Å²) >= 11 is 0. The van der Waals surface area contributed by atoms with E-state index in [0.29, 0.717) is 18.2 Å². The standard InChI is InChI=1S/C12H24N2O2S/c13-12-8-4-5-9-14(12)17(15,16)10-11-6-2-1-3-7-11/h11-12H,1-10,13H2. The summed E-state index contributed by atoms with van der Waals surface area (Å²) in [5.74, 6) is 0.684. The molecule has 0 aromatic rings. The van der Waals surface area contributed by atoms with E-state index in [1.807, 2.05) is 0 Å². The lowest BCUT2D eigenvalue weighted by Gasteiger charge is -2.33. The van der Waals surface area contributed by atoms with Crippen LogP contribution in [0.15, 0.2) is 0 Å². The number of piperidine rings is 1. The SMILES string of the molecule is NC1CCCCN1S(=O)(=O)CC1CCCCC1. The Kier molecular flexibility index (Phi) is 4.44. The van der Waals surface area contributed by atoms with Gasteiger partial charge in [-0.1, -0.05) is 19.3 Å². The maximum Gasteiger partial charge on any atom is 0.215 e. The van der Waals surface area contributed by atoms with Crippen LogP contribution in [0.4, 0.5) is 0 Å². The van der Waals surface area contributed by atoms with Crippen LogP contribution in [0.25, 0.3) is 0 Å². The molecule has 2 aliphatic rings. The molecular formula is C12H24N2O2S. The molecule has 4 nitrogen and oxygen atoms in total. The topological polar surface area (TPSA) is 63.4 Å². The second-order valence-corrected chi connectivity index (χ2v) is 7.42. The van der Waals surface area contributed by atoms with E-state index in [9.17, 15) is 8.42 Å². The number of nitrogens with zero attached hydrogens (tertiary/aromatic N) is 1. The second-order valence-electron chi connectivity index (χ2n) is 5.46. The molecule has 5 heteroatoms. The molecule has 0 aromatic heterocycles. The van der Waals surface area contributed by atoms with Crippen molar-refractivity contribution in [2.75, 3.05) is 12.3 Å². The molecule has 2 fully saturated rings. The molecule has 1 saturated heterocycles. The van der Waals surface area contributed by atoms with Gasteiger partial charge in [-0.05, 0) is 38.0 Å². The lowest BCUT2D eigenvalue weighted by Crippen LogP contribution is -2.50. The van der Waals surface area contributed by atoms with Gasteiger partial charge in [0.25, 0.3) is 0 Å². The van der Waals surface area contributed by atoms with Crippen LogP contribution in [0.2, 0.25) is 0 Å². The first-order chi connectivity index (χ1) is 8.09. The molecule has 1 heterocycles. The third kappa shape index (κ3) is 3.42. The van der Waals surface area contributed by atoms with Gasteiger partial charge in [0.2, 0.25) is 10.0 Å². The number of nitrogens with two attached hydrogens (primary N) is 1. The van der Waals surface area contributed by atoms with Crippen molar-refractivity contribution < 1.29 is 8.42 Å². The number of hydrogen-bond donors (Lipinski definition) is 1. The molecule has 2 rings (SSSR count). The van der Waals surface area contributed by atoms with Crippen molar-refractivity contribution in [1.29, 1.82) is 0 Å². The van der Waals surface area contributed by atoms with Crippen LogP contribution in [-0.4, -0.2) is 31.2 Å². The smallest absolute Gasteiger partial charge is 0.215 e. The molecule has 0 amide bonds. The third-order valence-corrected chi connectivity index (χ3v) is 6.09. The summed E-state index contributed by atoms with van der Waals surface area (Å²) in [6.07, 6.45) is 8.32. The van der Waals surface area contributed by atoms with E-state index >= 15 is 0 Å². The summed E-state index contributed by atoms with van der Waals surface area (Å²) in [6, 6.07) is 0. The predicted molar refractivity (Wildman–Crippen MR) is 68.9 cm³/mol. The normalized spacial score (nSPS) is 29.4. The zero-order valence-corrected chi connectivity index (χ0v) is 11.3. The fourth-order valence-electron chi connectivity index (χ4n) is 3.02. The zero-order valence-electron chi connectivity index (χ0n) is 10.5. The first kappa shape index (κ1) is 13.3. The maximum atomic E-state index is 12.3. The lowest BCUT2D eigenvalue weighted by molar-refractivity contribution is 0.254. The van der Waals surface area contributed by atoms with E-state index in [1.165, 1.54) is 19.3 Å². The van der Waals surface area contributed by atoms with Crippen LogP contribution in [0.3, 0.4) is 0 Å². The first-order valence-corrected chi connectivity index (χ1v) is 8.45. The van der Waals surface area contributed by atoms with E-state index in [0.717, 1.165) is 32.1 Å². The van der Waals surface area contributed by atoms with Crippen LogP contribution in [0.1, 0.15) is 51.4 Å². The van der Waals surface area contributed by atoms with E-state index in [4.69, 9.17) is 5.73 Å². The molecule has 17 heavy (non-hydrogen) atoms. The molecule has 2 N–H and O–H groups in total. The Balaban J connectivity index is 1.96. The average Bonchev–Trinajstić information content (AvgIpc) is 2.30. The minimum atomic E-state index is -3.12. The second kappa shape index (κ2) is 5.67. The van der Waals surface area contributed by atoms with Crippen molar-refractivity contribution in [3.05, 3.63) is 0 Å². The largest absolute Gasteiger partial charge is 0.315 e. The first-order valence-electron chi connectivity index (χ1n) is 6.85. The van der Waals surface area contributed by atoms with E-state index in [2.05, 4.69) is 0 Å². The summed E-state index contributed by atoms with van der Waals surface area (Å²) in [5.41, 5.74) is 5.92. The molecule has 1 unspecified atom stereocenters. The van der Waals surface area contributed by atoms with Gasteiger partial charge in [-0.25, -0.2) is 8.42 Å². The molecular weight excluding hydrogens is 236 g/mol. The van der Waals surface area contributed by atoms with Crippen molar-refractivity contribution >= 4 is 10.0 Å². The predicted octanol–water partition coefficient (Wildman–Crippen LogP) is 1.67. The molecule has 1 aliphatic carbocycles. The summed E-state index contributed by atoms with van der Waals surface area (Å²) in [5, 5.41) is 0. The highest BCUT2D eigenvalue weighted by molar-refractivity contribution is 7.89. The molecule has 0 aromatic carbocycles. The highest BCUT2D eigenvalue weighted by Crippen LogP contribution is 2.27. The monoisotopic (exact) mass is 260 g/mol. The summed E-state index contributed by atoms with van der Waals surface area (Å²) in [4.78, 5) is 0. The van der Waals surface area contributed by atoms with Crippen molar-refractivity contribution in [3.63, 3.8) is 0 Å². The van der Waals surface area contributed by atoms with Gasteiger partial charge in [-0.3, -0.25) is 0 Å². The van der Waals surface area contributed by atoms with Gasteiger partial charge in [-0.15, -0.1) is 0 Å². The Labute approximate surface area is 105 Å². The molecule has 1 atom stereocenters. The Morgan fingerprint density at radius 3 is 2.29 bits per heavy atom. The van der Waals surface area contributed by atoms with Crippen LogP contribution in [0, 0.1) is 5.92 Å². The lowest BCUT2D eigenvalue weighted by atomic mass is 9.91. The number of hydrogen-bond acceptors (Lipinski definition) is 3. The summed E-state index contributed by atoms with van der Waals surface area (Å²) in [6.45, 7) is 0.621. The van der Waals surface area contributed by atoms with Crippen molar-refractivity contribution in [1.82, 2.24) is 4.31 Å². The Morgan fingerprint density at radius 1 is 1.00 bits per heavy atom. The van der Waals surface area contributed by atoms with Gasteiger partial charge in [0.05, 0.1) is 11.9 Å². The highest BCUT2D eigenvalue weighted by Gasteiger charge is 2.32. The van der Waals surface area contributed by atoms with E-state index in [1.54, 1.807) is 4.31 Å². The Morgan fingerprint density at radius 2 is 1.65 bits per heavy atom. The van der Waals surface area contributed by atoms with Crippen LogP contribution in [-0.2, 0) is 10.0 Å². The van der Waals surface area contributed by atoms with Crippen molar-refractivity contribution in [2.24, 2.45) is 11.7 Å². The quantitative estimate of drug-likeness (QED) is 0.839. The Bertz CT molecular complexity index is 336.